The number of aliphatic imine (C=N–C) groups is 1. The van der Waals surface area contributed by atoms with Crippen molar-refractivity contribution in [3.05, 3.63) is 58.4 Å². The zero-order chi connectivity index (χ0) is 16.4. The molecule has 1 aliphatic heterocycles. The summed E-state index contributed by atoms with van der Waals surface area (Å²) in [6, 6.07) is 9.75. The number of furan rings is 1. The summed E-state index contributed by atoms with van der Waals surface area (Å²) in [6.07, 6.45) is 1.61. The van der Waals surface area contributed by atoms with Crippen LogP contribution in [0.25, 0.3) is 6.08 Å². The van der Waals surface area contributed by atoms with Gasteiger partial charge >= 0.3 is 0 Å². The molecule has 1 aromatic heterocycles. The van der Waals surface area contributed by atoms with E-state index >= 15 is 0 Å². The maximum atomic E-state index is 12.0. The van der Waals surface area contributed by atoms with Gasteiger partial charge in [0.2, 0.25) is 0 Å². The second-order valence-electron chi connectivity index (χ2n) is 4.73. The van der Waals surface area contributed by atoms with Gasteiger partial charge in [-0.3, -0.25) is 4.79 Å². The summed E-state index contributed by atoms with van der Waals surface area (Å²) in [5, 5.41) is 14.0. The van der Waals surface area contributed by atoms with Crippen LogP contribution in [0.5, 0.6) is 0 Å². The van der Waals surface area contributed by atoms with E-state index in [4.69, 9.17) is 4.42 Å². The SMILES string of the molecule is Cc1ccc(/C=C2/SC(=Nc3ccccc3C(=O)[O-])NC2=O)o1. The lowest BCUT2D eigenvalue weighted by molar-refractivity contribution is -0.254. The van der Waals surface area contributed by atoms with Gasteiger partial charge in [0, 0.05) is 11.6 Å². The average molecular weight is 327 g/mol. The largest absolute Gasteiger partial charge is 0.545 e. The number of hydrogen-bond donors (Lipinski definition) is 1. The first-order valence-electron chi connectivity index (χ1n) is 6.69. The number of carboxylic acids is 1. The Morgan fingerprint density at radius 1 is 1.30 bits per heavy atom. The molecule has 1 saturated heterocycles. The number of aryl methyl sites for hydroxylation is 1. The summed E-state index contributed by atoms with van der Waals surface area (Å²) in [5.74, 6) is -0.316. The van der Waals surface area contributed by atoms with Crippen LogP contribution >= 0.6 is 11.8 Å². The van der Waals surface area contributed by atoms with Gasteiger partial charge < -0.3 is 19.6 Å². The monoisotopic (exact) mass is 327 g/mol. The van der Waals surface area contributed by atoms with Crippen LogP contribution in [0.1, 0.15) is 21.9 Å². The van der Waals surface area contributed by atoms with Gasteiger partial charge in [-0.25, -0.2) is 4.99 Å². The van der Waals surface area contributed by atoms with E-state index in [1.807, 2.05) is 6.92 Å². The molecule has 1 aliphatic rings. The fraction of sp³-hybridized carbons (Fsp3) is 0.0625. The normalized spacial score (nSPS) is 17.7. The van der Waals surface area contributed by atoms with E-state index in [1.165, 1.54) is 6.07 Å². The third-order valence-electron chi connectivity index (χ3n) is 3.03. The van der Waals surface area contributed by atoms with E-state index in [-0.39, 0.29) is 17.2 Å². The quantitative estimate of drug-likeness (QED) is 0.868. The maximum Gasteiger partial charge on any atom is 0.264 e. The van der Waals surface area contributed by atoms with Crippen LogP contribution in [-0.4, -0.2) is 17.0 Å². The van der Waals surface area contributed by atoms with Crippen molar-refractivity contribution < 1.29 is 19.1 Å². The second kappa shape index (κ2) is 6.13. The van der Waals surface area contributed by atoms with Crippen LogP contribution in [0.4, 0.5) is 5.69 Å². The molecule has 6 nitrogen and oxygen atoms in total. The summed E-state index contributed by atoms with van der Waals surface area (Å²) in [5.41, 5.74) is 0.194. The number of nitrogens with one attached hydrogen (secondary N) is 1. The lowest BCUT2D eigenvalue weighted by atomic mass is 10.2. The Labute approximate surface area is 135 Å². The predicted octanol–water partition coefficient (Wildman–Crippen LogP) is 1.84. The van der Waals surface area contributed by atoms with Gasteiger partial charge in [-0.2, -0.15) is 0 Å². The molecule has 1 aromatic carbocycles. The standard InChI is InChI=1S/C16H12N2O4S/c1-9-6-7-10(22-9)8-13-14(19)18-16(23-13)17-12-5-3-2-4-11(12)15(20)21/h2-8H,1H3,(H,20,21)(H,17,18,19)/p-1/b13-8+. The first-order valence-corrected chi connectivity index (χ1v) is 7.51. The first kappa shape index (κ1) is 15.1. The number of carbonyl (C=O) groups excluding carboxylic acids is 2. The van der Waals surface area contributed by atoms with Gasteiger partial charge in [0.15, 0.2) is 5.17 Å². The zero-order valence-corrected chi connectivity index (χ0v) is 12.8. The van der Waals surface area contributed by atoms with Gasteiger partial charge in [-0.1, -0.05) is 18.2 Å². The summed E-state index contributed by atoms with van der Waals surface area (Å²) >= 11 is 1.12. The number of thioether (sulfide) groups is 1. The number of aromatic carboxylic acids is 1. The molecule has 3 rings (SSSR count). The molecule has 1 fully saturated rings. The maximum absolute atomic E-state index is 12.0. The molecule has 0 aliphatic carbocycles. The van der Waals surface area contributed by atoms with E-state index < -0.39 is 5.97 Å². The summed E-state index contributed by atoms with van der Waals surface area (Å²) < 4.78 is 5.40. The Morgan fingerprint density at radius 3 is 2.78 bits per heavy atom. The Morgan fingerprint density at radius 2 is 2.09 bits per heavy atom. The molecule has 0 saturated carbocycles. The van der Waals surface area contributed by atoms with Gasteiger partial charge in [-0.05, 0) is 36.9 Å². The molecule has 23 heavy (non-hydrogen) atoms. The number of para-hydroxylation sites is 1. The molecule has 0 unspecified atom stereocenters. The van der Waals surface area contributed by atoms with Crippen LogP contribution in [0.15, 0.2) is 50.7 Å². The molecule has 2 aromatic rings. The Kier molecular flexibility index (Phi) is 4.03. The number of carbonyl (C=O) groups is 2. The topological polar surface area (TPSA) is 94.7 Å². The van der Waals surface area contributed by atoms with Gasteiger partial charge in [-0.15, -0.1) is 0 Å². The molecule has 1 amide bonds. The van der Waals surface area contributed by atoms with Crippen LogP contribution in [0, 0.1) is 6.92 Å². The van der Waals surface area contributed by atoms with Crippen molar-refractivity contribution in [2.24, 2.45) is 4.99 Å². The lowest BCUT2D eigenvalue weighted by Crippen LogP contribution is -2.23. The van der Waals surface area contributed by atoms with E-state index in [1.54, 1.807) is 36.4 Å². The Bertz CT molecular complexity index is 851. The average Bonchev–Trinajstić information content (AvgIpc) is 3.06. The molecule has 2 heterocycles. The van der Waals surface area contributed by atoms with Crippen LogP contribution < -0.4 is 10.4 Å². The fourth-order valence-electron chi connectivity index (χ4n) is 1.99. The smallest absolute Gasteiger partial charge is 0.264 e. The first-order chi connectivity index (χ1) is 11.0. The number of rotatable bonds is 3. The minimum absolute atomic E-state index is 0.0334. The zero-order valence-electron chi connectivity index (χ0n) is 12.0. The number of hydrogen-bond acceptors (Lipinski definition) is 6. The van der Waals surface area contributed by atoms with Crippen LogP contribution in [0.2, 0.25) is 0 Å². The van der Waals surface area contributed by atoms with Crippen molar-refractivity contribution in [2.75, 3.05) is 0 Å². The highest BCUT2D eigenvalue weighted by molar-refractivity contribution is 8.18. The van der Waals surface area contributed by atoms with Crippen molar-refractivity contribution in [1.29, 1.82) is 0 Å². The summed E-state index contributed by atoms with van der Waals surface area (Å²) in [7, 11) is 0. The minimum atomic E-state index is -1.32. The van der Waals surface area contributed by atoms with Gasteiger partial charge in [0.05, 0.1) is 16.6 Å². The fourth-order valence-corrected chi connectivity index (χ4v) is 2.81. The highest BCUT2D eigenvalue weighted by Crippen LogP contribution is 2.29. The molecule has 1 N–H and O–H groups in total. The summed E-state index contributed by atoms with van der Waals surface area (Å²) in [4.78, 5) is 27.6. The number of amides is 1. The van der Waals surface area contributed by atoms with Crippen LogP contribution in [-0.2, 0) is 4.79 Å². The lowest BCUT2D eigenvalue weighted by Gasteiger charge is -2.06. The molecule has 116 valence electrons. The van der Waals surface area contributed by atoms with Gasteiger partial charge in [0.1, 0.15) is 11.5 Å². The van der Waals surface area contributed by atoms with E-state index in [2.05, 4.69) is 10.3 Å². The highest BCUT2D eigenvalue weighted by atomic mass is 32.2. The number of amidine groups is 1. The predicted molar refractivity (Wildman–Crippen MR) is 85.0 cm³/mol. The molecule has 7 heteroatoms. The van der Waals surface area contributed by atoms with Gasteiger partial charge in [0.25, 0.3) is 5.91 Å². The third kappa shape index (κ3) is 3.35. The Balaban J connectivity index is 1.88. The summed E-state index contributed by atoms with van der Waals surface area (Å²) in [6.45, 7) is 1.81. The molecular formula is C16H11N2O4S-. The van der Waals surface area contributed by atoms with E-state index in [0.29, 0.717) is 15.8 Å². The van der Waals surface area contributed by atoms with Crippen molar-refractivity contribution in [2.45, 2.75) is 6.92 Å². The number of carboxylic acid groups (broad SMARTS) is 1. The molecule has 0 spiro atoms. The van der Waals surface area contributed by atoms with Crippen molar-refractivity contribution in [1.82, 2.24) is 5.32 Å². The number of benzene rings is 1. The van der Waals surface area contributed by atoms with E-state index in [0.717, 1.165) is 17.5 Å². The van der Waals surface area contributed by atoms with Crippen molar-refractivity contribution in [3.63, 3.8) is 0 Å². The minimum Gasteiger partial charge on any atom is -0.545 e. The van der Waals surface area contributed by atoms with Crippen LogP contribution in [0.3, 0.4) is 0 Å². The van der Waals surface area contributed by atoms with Crippen molar-refractivity contribution in [3.8, 4) is 0 Å². The molecule has 0 radical (unpaired) electrons. The second-order valence-corrected chi connectivity index (χ2v) is 5.77. The van der Waals surface area contributed by atoms with Crippen molar-refractivity contribution >= 4 is 40.6 Å². The van der Waals surface area contributed by atoms with E-state index in [9.17, 15) is 14.7 Å². The molecule has 0 bridgehead atoms. The Hall–Kier alpha value is -2.80. The number of nitrogens with zero attached hydrogens (tertiary/aromatic N) is 1. The third-order valence-corrected chi connectivity index (χ3v) is 3.94. The molecule has 0 atom stereocenters. The molecular weight excluding hydrogens is 316 g/mol. The highest BCUT2D eigenvalue weighted by Gasteiger charge is 2.24.